The molecule has 4 heterocycles. The second kappa shape index (κ2) is 32.2. The zero-order chi connectivity index (χ0) is 57.1. The van der Waals surface area contributed by atoms with E-state index in [-0.39, 0.29) is 73.9 Å². The van der Waals surface area contributed by atoms with Crippen molar-refractivity contribution in [3.8, 4) is 0 Å². The highest BCUT2D eigenvalue weighted by Gasteiger charge is 2.53. The van der Waals surface area contributed by atoms with E-state index in [2.05, 4.69) is 16.8 Å². The van der Waals surface area contributed by atoms with E-state index in [0.29, 0.717) is 57.3 Å². The summed E-state index contributed by atoms with van der Waals surface area (Å²) in [5, 5.41) is 23.8. The average Bonchev–Trinajstić information content (AvgIpc) is 3.46. The first-order valence-electron chi connectivity index (χ1n) is 29.3. The fourth-order valence-electron chi connectivity index (χ4n) is 12.1. The Morgan fingerprint density at radius 1 is 0.795 bits per heavy atom. The number of rotatable bonds is 14. The van der Waals surface area contributed by atoms with Crippen LogP contribution in [0.1, 0.15) is 132 Å². The summed E-state index contributed by atoms with van der Waals surface area (Å²) < 4.78 is 42.4. The summed E-state index contributed by atoms with van der Waals surface area (Å²) in [6, 6.07) is -1.14. The van der Waals surface area contributed by atoms with Crippen molar-refractivity contribution in [3.63, 3.8) is 0 Å². The van der Waals surface area contributed by atoms with E-state index in [0.717, 1.165) is 64.0 Å². The molecule has 1 amide bonds. The lowest BCUT2D eigenvalue weighted by Gasteiger charge is -2.43. The van der Waals surface area contributed by atoms with Crippen LogP contribution in [0.25, 0.3) is 0 Å². The highest BCUT2D eigenvalue weighted by Crippen LogP contribution is 2.38. The van der Waals surface area contributed by atoms with Crippen LogP contribution >= 0.6 is 0 Å². The van der Waals surface area contributed by atoms with Crippen molar-refractivity contribution in [3.05, 3.63) is 47.6 Å². The number of cyclic esters (lactones) is 1. The molecule has 3 saturated heterocycles. The van der Waals surface area contributed by atoms with Crippen LogP contribution in [0.3, 0.4) is 0 Å². The molecular formula is C61H99N3O14. The summed E-state index contributed by atoms with van der Waals surface area (Å²) in [7, 11) is 6.85. The summed E-state index contributed by atoms with van der Waals surface area (Å²) in [4.78, 5) is 78.0. The van der Waals surface area contributed by atoms with Gasteiger partial charge in [0.15, 0.2) is 5.78 Å². The molecule has 2 N–H and O–H groups in total. The lowest BCUT2D eigenvalue weighted by Crippen LogP contribution is -2.61. The average molecular weight is 1100 g/mol. The highest BCUT2D eigenvalue weighted by molar-refractivity contribution is 6.39. The Labute approximate surface area is 466 Å². The van der Waals surface area contributed by atoms with E-state index >= 15 is 0 Å². The Balaban J connectivity index is 1.41. The van der Waals surface area contributed by atoms with E-state index in [1.54, 1.807) is 41.1 Å². The van der Waals surface area contributed by atoms with Crippen molar-refractivity contribution < 1.29 is 67.3 Å². The van der Waals surface area contributed by atoms with Gasteiger partial charge in [-0.25, -0.2) is 4.79 Å². The van der Waals surface area contributed by atoms with Crippen LogP contribution in [0, 0.1) is 35.5 Å². The van der Waals surface area contributed by atoms with Gasteiger partial charge in [-0.1, -0.05) is 71.1 Å². The number of hydrogen-bond acceptors (Lipinski definition) is 16. The molecule has 0 aromatic rings. The number of Topliss-reactive ketones (excluding diaryl/α,β-unsaturated/α-hetero) is 3. The maximum atomic E-state index is 14.7. The molecule has 78 heavy (non-hydrogen) atoms. The van der Waals surface area contributed by atoms with Gasteiger partial charge >= 0.3 is 5.97 Å². The maximum Gasteiger partial charge on any atom is 0.329 e. The number of nitrogens with zero attached hydrogens (tertiary/aromatic N) is 3. The third-order valence-electron chi connectivity index (χ3n) is 17.3. The van der Waals surface area contributed by atoms with Crippen molar-refractivity contribution in [1.82, 2.24) is 14.7 Å². The first kappa shape index (κ1) is 65.3. The van der Waals surface area contributed by atoms with Crippen molar-refractivity contribution in [2.75, 3.05) is 87.5 Å². The topological polar surface area (TPSA) is 200 Å². The third kappa shape index (κ3) is 18.8. The molecule has 0 radical (unpaired) electrons. The summed E-state index contributed by atoms with van der Waals surface area (Å²) in [5.74, 6) is -7.89. The van der Waals surface area contributed by atoms with Gasteiger partial charge in [0.2, 0.25) is 5.79 Å². The van der Waals surface area contributed by atoms with Gasteiger partial charge in [0, 0.05) is 97.8 Å². The number of methoxy groups -OCH3 is 3. The van der Waals surface area contributed by atoms with E-state index < -0.39 is 77.8 Å². The number of ketones is 3. The van der Waals surface area contributed by atoms with E-state index in [1.807, 2.05) is 58.1 Å². The van der Waals surface area contributed by atoms with Crippen molar-refractivity contribution >= 4 is 29.2 Å². The number of esters is 1. The molecule has 17 nitrogen and oxygen atoms in total. The Bertz CT molecular complexity index is 2050. The number of amides is 1. The predicted molar refractivity (Wildman–Crippen MR) is 298 cm³/mol. The van der Waals surface area contributed by atoms with Gasteiger partial charge in [-0.15, -0.1) is 0 Å². The minimum atomic E-state index is -2.46. The van der Waals surface area contributed by atoms with Crippen LogP contribution in [-0.4, -0.2) is 196 Å². The molecule has 1 aliphatic carbocycles. The van der Waals surface area contributed by atoms with E-state index in [9.17, 15) is 34.2 Å². The number of fused-ring (bicyclic) bond motifs is 3. The third-order valence-corrected chi connectivity index (χ3v) is 17.3. The number of aliphatic hydroxyl groups is 2. The monoisotopic (exact) mass is 1100 g/mol. The van der Waals surface area contributed by atoms with Crippen LogP contribution < -0.4 is 0 Å². The second-order valence-corrected chi connectivity index (χ2v) is 23.6. The molecule has 17 heteroatoms. The lowest BCUT2D eigenvalue weighted by atomic mass is 9.78. The molecule has 4 fully saturated rings. The number of likely N-dealkylation sites (N-methyl/N-ethyl adjacent to an activating group) is 1. The fraction of sp³-hybridized carbons (Fsp3) is 0.787. The molecule has 0 aromatic carbocycles. The summed E-state index contributed by atoms with van der Waals surface area (Å²) in [6.45, 7) is 19.5. The van der Waals surface area contributed by atoms with Gasteiger partial charge in [0.05, 0.1) is 37.6 Å². The molecule has 1 saturated carbocycles. The molecular weight excluding hydrogens is 999 g/mol. The SMILES string of the molecule is COCCOC1C[C@@H]2CC[C@@H](C)[C@@](O)(O2)C(=O)C(=O)N2CCCCC2C(=O)O[C@H]([C@H](C)C[C@@H]2CC[C@@H](OCCCN3CCN(C)CC3)[C@H](OC)C2)CC(=O)[C@H](C)/C=C(\C)[C@@H](O)[C@@H](OC)C(=O)[C@H](C)C[C@H](C)/C=C/C=C/C=C/1C. The number of carbonyl (C=O) groups is 5. The molecule has 442 valence electrons. The summed E-state index contributed by atoms with van der Waals surface area (Å²) >= 11 is 0. The van der Waals surface area contributed by atoms with Gasteiger partial charge in [0.25, 0.3) is 11.7 Å². The van der Waals surface area contributed by atoms with Gasteiger partial charge in [-0.05, 0) is 120 Å². The van der Waals surface area contributed by atoms with Crippen molar-refractivity contribution in [2.45, 2.75) is 186 Å². The highest BCUT2D eigenvalue weighted by atomic mass is 16.6. The van der Waals surface area contributed by atoms with E-state index in [1.165, 1.54) is 12.0 Å². The minimum absolute atomic E-state index is 0.00546. The maximum absolute atomic E-state index is 14.7. The molecule has 5 aliphatic rings. The smallest absolute Gasteiger partial charge is 0.329 e. The largest absolute Gasteiger partial charge is 0.460 e. The zero-order valence-electron chi connectivity index (χ0n) is 49.2. The summed E-state index contributed by atoms with van der Waals surface area (Å²) in [5.41, 5.74) is 1.27. The van der Waals surface area contributed by atoms with Crippen LogP contribution in [0.5, 0.6) is 0 Å². The number of hydrogen-bond donors (Lipinski definition) is 2. The number of ether oxygens (including phenoxy) is 7. The van der Waals surface area contributed by atoms with Crippen LogP contribution in [0.4, 0.5) is 0 Å². The first-order valence-corrected chi connectivity index (χ1v) is 29.3. The van der Waals surface area contributed by atoms with Crippen LogP contribution in [-0.2, 0) is 57.1 Å². The quantitative estimate of drug-likeness (QED) is 0.0791. The molecule has 15 atom stereocenters. The molecule has 2 bridgehead atoms. The Morgan fingerprint density at radius 3 is 2.24 bits per heavy atom. The summed E-state index contributed by atoms with van der Waals surface area (Å²) in [6.07, 6.45) is 13.4. The van der Waals surface area contributed by atoms with Crippen LogP contribution in [0.15, 0.2) is 47.6 Å². The Morgan fingerprint density at radius 2 is 1.54 bits per heavy atom. The van der Waals surface area contributed by atoms with Gasteiger partial charge in [0.1, 0.15) is 30.1 Å². The van der Waals surface area contributed by atoms with Gasteiger partial charge in [-0.2, -0.15) is 0 Å². The predicted octanol–water partition coefficient (Wildman–Crippen LogP) is 6.86. The number of piperidine rings is 1. The molecule has 5 rings (SSSR count). The molecule has 0 spiro atoms. The van der Waals surface area contributed by atoms with Gasteiger partial charge < -0.3 is 58.1 Å². The zero-order valence-corrected chi connectivity index (χ0v) is 49.2. The number of allylic oxidation sites excluding steroid dienone is 6. The second-order valence-electron chi connectivity index (χ2n) is 23.6. The Hall–Kier alpha value is -3.49. The van der Waals surface area contributed by atoms with Crippen LogP contribution in [0.2, 0.25) is 0 Å². The normalized spacial score (nSPS) is 37.4. The fourth-order valence-corrected chi connectivity index (χ4v) is 12.1. The standard InChI is InChI=1S/C61H99N3O14/c1-40-18-13-12-14-19-41(2)52(76-33-32-72-9)38-48-23-21-46(7)61(71,78-48)58(68)59(69)64-26-16-15-20-49(64)60(70)77-53(39-50(65)42(3)35-45(6)56(67)57(74-11)55(66)44(5)34-40)43(4)36-47-22-24-51(54(37-47)73-10)75-31-17-25-63-29-27-62(8)28-30-63/h12-14,18-19,35,40,42-44,46-49,51-54,56-57,67,71H,15-17,20-34,36-39H2,1-11H3/b14-12+,18-13+,41-19+,45-35+/t40-,42-,43-,44-,46-,47+,48+,49?,51-,52?,53+,54-,56-,57+,61-/m1/s1. The number of carbonyl (C=O) groups excluding carboxylic acids is 5. The van der Waals surface area contributed by atoms with Crippen molar-refractivity contribution in [1.29, 1.82) is 0 Å². The van der Waals surface area contributed by atoms with E-state index in [4.69, 9.17) is 33.2 Å². The minimum Gasteiger partial charge on any atom is -0.460 e. The first-order chi connectivity index (χ1) is 37.2. The number of aliphatic hydroxyl groups excluding tert-OH is 1. The molecule has 0 aromatic heterocycles. The molecule has 2 unspecified atom stereocenters. The van der Waals surface area contributed by atoms with Gasteiger partial charge in [-0.3, -0.25) is 19.2 Å². The molecule has 4 aliphatic heterocycles. The van der Waals surface area contributed by atoms with Crippen molar-refractivity contribution in [2.24, 2.45) is 35.5 Å². The Kier molecular flexibility index (Phi) is 27.0. The lowest BCUT2D eigenvalue weighted by molar-refractivity contribution is -0.266. The number of piperazine rings is 1.